The van der Waals surface area contributed by atoms with Crippen LogP contribution < -0.4 is 5.73 Å². The Morgan fingerprint density at radius 3 is 2.70 bits per heavy atom. The molecule has 0 aliphatic rings. The standard InChI is InChI=1S/C8H12N2/c1-6-3-4-10-8(5-6)7(2)9/h3-5,7H,9H2,1-2H3/t7-/m1/s1. The summed E-state index contributed by atoms with van der Waals surface area (Å²) in [7, 11) is 0. The molecule has 0 saturated heterocycles. The van der Waals surface area contributed by atoms with Gasteiger partial charge in [0.05, 0.1) is 5.69 Å². The van der Waals surface area contributed by atoms with Gasteiger partial charge in [-0.2, -0.15) is 0 Å². The van der Waals surface area contributed by atoms with Crippen LogP contribution in [0.25, 0.3) is 0 Å². The predicted octanol–water partition coefficient (Wildman–Crippen LogP) is 1.41. The molecule has 2 nitrogen and oxygen atoms in total. The monoisotopic (exact) mass is 136 g/mol. The number of rotatable bonds is 1. The third kappa shape index (κ3) is 1.54. The van der Waals surface area contributed by atoms with Gasteiger partial charge in [-0.1, -0.05) is 0 Å². The van der Waals surface area contributed by atoms with Crippen molar-refractivity contribution in [3.63, 3.8) is 0 Å². The van der Waals surface area contributed by atoms with E-state index in [4.69, 9.17) is 5.73 Å². The fourth-order valence-electron chi connectivity index (χ4n) is 0.809. The highest BCUT2D eigenvalue weighted by atomic mass is 14.7. The van der Waals surface area contributed by atoms with Gasteiger partial charge in [0.25, 0.3) is 0 Å². The summed E-state index contributed by atoms with van der Waals surface area (Å²) >= 11 is 0. The first-order valence-electron chi connectivity index (χ1n) is 3.38. The van der Waals surface area contributed by atoms with Crippen LogP contribution in [-0.4, -0.2) is 4.98 Å². The lowest BCUT2D eigenvalue weighted by atomic mass is 10.2. The van der Waals surface area contributed by atoms with Crippen molar-refractivity contribution < 1.29 is 0 Å². The lowest BCUT2D eigenvalue weighted by Crippen LogP contribution is -2.06. The van der Waals surface area contributed by atoms with E-state index in [1.807, 2.05) is 26.0 Å². The number of nitrogens with zero attached hydrogens (tertiary/aromatic N) is 1. The third-order valence-electron chi connectivity index (χ3n) is 1.40. The zero-order valence-electron chi connectivity index (χ0n) is 6.33. The Morgan fingerprint density at radius 1 is 1.60 bits per heavy atom. The van der Waals surface area contributed by atoms with Crippen LogP contribution in [0.3, 0.4) is 0 Å². The Bertz CT molecular complexity index is 218. The van der Waals surface area contributed by atoms with E-state index in [-0.39, 0.29) is 6.04 Å². The summed E-state index contributed by atoms with van der Waals surface area (Å²) in [6.45, 7) is 3.97. The maximum Gasteiger partial charge on any atom is 0.0570 e. The molecular formula is C8H12N2. The van der Waals surface area contributed by atoms with Crippen molar-refractivity contribution in [2.75, 3.05) is 0 Å². The second-order valence-corrected chi connectivity index (χ2v) is 2.55. The molecule has 1 heterocycles. The fraction of sp³-hybridized carbons (Fsp3) is 0.375. The van der Waals surface area contributed by atoms with Crippen molar-refractivity contribution in [1.82, 2.24) is 4.98 Å². The molecule has 2 heteroatoms. The smallest absolute Gasteiger partial charge is 0.0570 e. The van der Waals surface area contributed by atoms with Gasteiger partial charge in [0.15, 0.2) is 0 Å². The quantitative estimate of drug-likeness (QED) is 0.634. The van der Waals surface area contributed by atoms with E-state index in [9.17, 15) is 0 Å². The molecule has 0 aliphatic carbocycles. The van der Waals surface area contributed by atoms with Gasteiger partial charge in [0.1, 0.15) is 0 Å². The molecule has 0 aliphatic heterocycles. The molecule has 10 heavy (non-hydrogen) atoms. The van der Waals surface area contributed by atoms with Crippen LogP contribution in [-0.2, 0) is 0 Å². The summed E-state index contributed by atoms with van der Waals surface area (Å²) in [5.41, 5.74) is 7.79. The average Bonchev–Trinajstić information content (AvgIpc) is 1.88. The number of hydrogen-bond donors (Lipinski definition) is 1. The largest absolute Gasteiger partial charge is 0.323 e. The van der Waals surface area contributed by atoms with Gasteiger partial charge < -0.3 is 5.73 Å². The molecule has 0 spiro atoms. The van der Waals surface area contributed by atoms with E-state index in [1.54, 1.807) is 6.20 Å². The second kappa shape index (κ2) is 2.80. The number of nitrogens with two attached hydrogens (primary N) is 1. The normalized spacial score (nSPS) is 13.1. The molecular weight excluding hydrogens is 124 g/mol. The Kier molecular flexibility index (Phi) is 2.02. The molecule has 2 N–H and O–H groups in total. The minimum Gasteiger partial charge on any atom is -0.323 e. The van der Waals surface area contributed by atoms with E-state index >= 15 is 0 Å². The summed E-state index contributed by atoms with van der Waals surface area (Å²) in [5.74, 6) is 0. The molecule has 1 aromatic heterocycles. The lowest BCUT2D eigenvalue weighted by Gasteiger charge is -2.03. The number of hydrogen-bond acceptors (Lipinski definition) is 2. The van der Waals surface area contributed by atoms with Crippen LogP contribution >= 0.6 is 0 Å². The fourth-order valence-corrected chi connectivity index (χ4v) is 0.809. The highest BCUT2D eigenvalue weighted by molar-refractivity contribution is 5.16. The van der Waals surface area contributed by atoms with E-state index in [0.29, 0.717) is 0 Å². The third-order valence-corrected chi connectivity index (χ3v) is 1.40. The molecule has 54 valence electrons. The summed E-state index contributed by atoms with van der Waals surface area (Å²) in [6.07, 6.45) is 1.79. The van der Waals surface area contributed by atoms with Gasteiger partial charge in [-0.15, -0.1) is 0 Å². The zero-order chi connectivity index (χ0) is 7.56. The van der Waals surface area contributed by atoms with E-state index < -0.39 is 0 Å². The van der Waals surface area contributed by atoms with Gasteiger partial charge in [-0.05, 0) is 31.5 Å². The molecule has 0 unspecified atom stereocenters. The topological polar surface area (TPSA) is 38.9 Å². The Labute approximate surface area is 61.1 Å². The molecule has 1 atom stereocenters. The van der Waals surface area contributed by atoms with Gasteiger partial charge in [0.2, 0.25) is 0 Å². The molecule has 0 bridgehead atoms. The van der Waals surface area contributed by atoms with Crippen LogP contribution in [0, 0.1) is 6.92 Å². The van der Waals surface area contributed by atoms with Crippen molar-refractivity contribution in [3.05, 3.63) is 29.6 Å². The minimum atomic E-state index is 0.0416. The maximum absolute atomic E-state index is 5.62. The first-order valence-corrected chi connectivity index (χ1v) is 3.38. The Hall–Kier alpha value is -0.890. The second-order valence-electron chi connectivity index (χ2n) is 2.55. The molecule has 1 rings (SSSR count). The minimum absolute atomic E-state index is 0.0416. The van der Waals surface area contributed by atoms with Gasteiger partial charge in [-0.3, -0.25) is 4.98 Å². The van der Waals surface area contributed by atoms with Gasteiger partial charge >= 0.3 is 0 Å². The zero-order valence-corrected chi connectivity index (χ0v) is 6.33. The summed E-state index contributed by atoms with van der Waals surface area (Å²) in [4.78, 5) is 4.11. The molecule has 0 amide bonds. The summed E-state index contributed by atoms with van der Waals surface area (Å²) < 4.78 is 0. The van der Waals surface area contributed by atoms with Crippen molar-refractivity contribution in [3.8, 4) is 0 Å². The molecule has 0 fully saturated rings. The maximum atomic E-state index is 5.62. The van der Waals surface area contributed by atoms with E-state index in [2.05, 4.69) is 4.98 Å². The summed E-state index contributed by atoms with van der Waals surface area (Å²) in [5, 5.41) is 0. The Morgan fingerprint density at radius 2 is 2.30 bits per heavy atom. The predicted molar refractivity (Wildman–Crippen MR) is 41.6 cm³/mol. The van der Waals surface area contributed by atoms with Crippen LogP contribution in [0.5, 0.6) is 0 Å². The first kappa shape index (κ1) is 7.22. The van der Waals surface area contributed by atoms with E-state index in [0.717, 1.165) is 5.69 Å². The SMILES string of the molecule is Cc1ccnc([C@@H](C)N)c1. The molecule has 0 saturated carbocycles. The average molecular weight is 136 g/mol. The van der Waals surface area contributed by atoms with Crippen molar-refractivity contribution in [2.45, 2.75) is 19.9 Å². The van der Waals surface area contributed by atoms with Crippen LogP contribution in [0.1, 0.15) is 24.2 Å². The van der Waals surface area contributed by atoms with Crippen molar-refractivity contribution in [1.29, 1.82) is 0 Å². The highest BCUT2D eigenvalue weighted by Crippen LogP contribution is 2.06. The molecule has 1 aromatic rings. The van der Waals surface area contributed by atoms with Gasteiger partial charge in [-0.25, -0.2) is 0 Å². The van der Waals surface area contributed by atoms with Crippen LogP contribution in [0.4, 0.5) is 0 Å². The number of aryl methyl sites for hydroxylation is 1. The van der Waals surface area contributed by atoms with Crippen LogP contribution in [0.2, 0.25) is 0 Å². The number of aromatic nitrogens is 1. The Balaban J connectivity index is 2.96. The highest BCUT2D eigenvalue weighted by Gasteiger charge is 1.98. The molecule has 0 radical (unpaired) electrons. The summed E-state index contributed by atoms with van der Waals surface area (Å²) in [6, 6.07) is 4.01. The van der Waals surface area contributed by atoms with E-state index in [1.165, 1.54) is 5.56 Å². The first-order chi connectivity index (χ1) is 4.70. The van der Waals surface area contributed by atoms with Crippen LogP contribution in [0.15, 0.2) is 18.3 Å². The molecule has 0 aromatic carbocycles. The van der Waals surface area contributed by atoms with Crippen molar-refractivity contribution in [2.24, 2.45) is 5.73 Å². The lowest BCUT2D eigenvalue weighted by molar-refractivity contribution is 0.779. The van der Waals surface area contributed by atoms with Crippen molar-refractivity contribution >= 4 is 0 Å². The van der Waals surface area contributed by atoms with Gasteiger partial charge in [0, 0.05) is 12.2 Å². The number of pyridine rings is 1.